The minimum Gasteiger partial charge on any atom is -0.494 e. The third kappa shape index (κ3) is 5.86. The maximum absolute atomic E-state index is 12.6. The first-order valence-electron chi connectivity index (χ1n) is 11.1. The maximum Gasteiger partial charge on any atom is 0.193 e. The third-order valence-electron chi connectivity index (χ3n) is 5.36. The summed E-state index contributed by atoms with van der Waals surface area (Å²) in [7, 11) is 0. The number of nitrogen functional groups attached to an aromatic ring is 2. The Morgan fingerprint density at radius 1 is 0.758 bits per heavy atom. The topological polar surface area (TPSA) is 101 Å². The van der Waals surface area contributed by atoms with Crippen LogP contribution in [-0.2, 0) is 0 Å². The molecule has 3 aromatic carbocycles. The summed E-state index contributed by atoms with van der Waals surface area (Å²) in [6.07, 6.45) is 3.89. The summed E-state index contributed by atoms with van der Waals surface area (Å²) >= 11 is 0. The molecule has 0 bridgehead atoms. The van der Waals surface area contributed by atoms with Crippen LogP contribution in [0.2, 0.25) is 0 Å². The van der Waals surface area contributed by atoms with Gasteiger partial charge < -0.3 is 25.4 Å². The summed E-state index contributed by atoms with van der Waals surface area (Å²) < 4.78 is 17.5. The van der Waals surface area contributed by atoms with E-state index in [4.69, 9.17) is 25.4 Å². The number of ether oxygens (including phenoxy) is 2. The molecule has 0 aliphatic rings. The van der Waals surface area contributed by atoms with Crippen LogP contribution in [0.25, 0.3) is 22.3 Å². The van der Waals surface area contributed by atoms with E-state index in [1.807, 2.05) is 36.4 Å². The second-order valence-electron chi connectivity index (χ2n) is 7.91. The fourth-order valence-electron chi connectivity index (χ4n) is 3.58. The number of anilines is 2. The number of nitrogens with two attached hydrogens (primary N) is 2. The molecule has 0 amide bonds. The average molecular weight is 445 g/mol. The Morgan fingerprint density at radius 3 is 2.30 bits per heavy atom. The molecule has 0 saturated heterocycles. The summed E-state index contributed by atoms with van der Waals surface area (Å²) in [4.78, 5) is 12.6. The first-order valence-corrected chi connectivity index (χ1v) is 11.1. The Bertz CT molecular complexity index is 1270. The second kappa shape index (κ2) is 10.6. The molecule has 0 atom stereocenters. The number of benzene rings is 3. The lowest BCUT2D eigenvalue weighted by Gasteiger charge is -2.10. The highest BCUT2D eigenvalue weighted by atomic mass is 16.5. The molecule has 1 aromatic heterocycles. The van der Waals surface area contributed by atoms with Crippen molar-refractivity contribution in [3.8, 4) is 22.8 Å². The van der Waals surface area contributed by atoms with E-state index in [-0.39, 0.29) is 5.43 Å². The van der Waals surface area contributed by atoms with Gasteiger partial charge in [-0.2, -0.15) is 0 Å². The molecule has 0 aliphatic heterocycles. The van der Waals surface area contributed by atoms with Gasteiger partial charge in [0, 0.05) is 23.4 Å². The lowest BCUT2D eigenvalue weighted by atomic mass is 10.1. The first kappa shape index (κ1) is 22.3. The fraction of sp³-hybridized carbons (Fsp3) is 0.222. The zero-order chi connectivity index (χ0) is 23.0. The lowest BCUT2D eigenvalue weighted by Crippen LogP contribution is -2.03. The predicted molar refractivity (Wildman–Crippen MR) is 133 cm³/mol. The average Bonchev–Trinajstić information content (AvgIpc) is 2.83. The molecule has 6 nitrogen and oxygen atoms in total. The zero-order valence-corrected chi connectivity index (χ0v) is 18.5. The van der Waals surface area contributed by atoms with Crippen molar-refractivity contribution in [1.29, 1.82) is 0 Å². The molecule has 4 aromatic rings. The molecule has 0 spiro atoms. The highest BCUT2D eigenvalue weighted by Gasteiger charge is 2.08. The second-order valence-corrected chi connectivity index (χ2v) is 7.91. The van der Waals surface area contributed by atoms with Crippen LogP contribution in [0.4, 0.5) is 11.4 Å². The molecular weight excluding hydrogens is 416 g/mol. The molecule has 0 saturated carbocycles. The Balaban J connectivity index is 1.22. The van der Waals surface area contributed by atoms with Crippen molar-refractivity contribution in [2.75, 3.05) is 24.7 Å². The Labute approximate surface area is 192 Å². The van der Waals surface area contributed by atoms with E-state index in [9.17, 15) is 4.79 Å². The fourth-order valence-corrected chi connectivity index (χ4v) is 3.58. The van der Waals surface area contributed by atoms with Gasteiger partial charge in [-0.15, -0.1) is 0 Å². The normalized spacial score (nSPS) is 10.9. The quantitative estimate of drug-likeness (QED) is 0.242. The molecule has 1 heterocycles. The van der Waals surface area contributed by atoms with Gasteiger partial charge in [0.15, 0.2) is 5.43 Å². The van der Waals surface area contributed by atoms with Crippen molar-refractivity contribution in [1.82, 2.24) is 0 Å². The largest absolute Gasteiger partial charge is 0.494 e. The minimum atomic E-state index is -0.0821. The van der Waals surface area contributed by atoms with E-state index in [0.29, 0.717) is 52.8 Å². The van der Waals surface area contributed by atoms with Crippen molar-refractivity contribution in [2.45, 2.75) is 25.7 Å². The van der Waals surface area contributed by atoms with Crippen LogP contribution in [-0.4, -0.2) is 13.2 Å². The molecule has 0 aliphatic carbocycles. The van der Waals surface area contributed by atoms with Crippen molar-refractivity contribution in [3.05, 3.63) is 83.0 Å². The lowest BCUT2D eigenvalue weighted by molar-refractivity contribution is 0.288. The highest BCUT2D eigenvalue weighted by Crippen LogP contribution is 2.25. The zero-order valence-electron chi connectivity index (χ0n) is 18.5. The number of hydrogen-bond acceptors (Lipinski definition) is 6. The number of fused-ring (bicyclic) bond motifs is 1. The van der Waals surface area contributed by atoms with Crippen LogP contribution < -0.4 is 26.4 Å². The van der Waals surface area contributed by atoms with Gasteiger partial charge in [-0.05, 0) is 56.0 Å². The number of hydrogen-bond donors (Lipinski definition) is 2. The van der Waals surface area contributed by atoms with Crippen LogP contribution >= 0.6 is 0 Å². The van der Waals surface area contributed by atoms with E-state index in [1.54, 1.807) is 30.3 Å². The van der Waals surface area contributed by atoms with Gasteiger partial charge in [0.2, 0.25) is 0 Å². The monoisotopic (exact) mass is 444 g/mol. The van der Waals surface area contributed by atoms with Gasteiger partial charge >= 0.3 is 0 Å². The molecule has 0 radical (unpaired) electrons. The van der Waals surface area contributed by atoms with Gasteiger partial charge in [0.1, 0.15) is 22.8 Å². The van der Waals surface area contributed by atoms with Gasteiger partial charge in [-0.3, -0.25) is 4.79 Å². The smallest absolute Gasteiger partial charge is 0.193 e. The summed E-state index contributed by atoms with van der Waals surface area (Å²) in [6, 6.07) is 21.8. The van der Waals surface area contributed by atoms with Gasteiger partial charge in [-0.1, -0.05) is 30.3 Å². The molecule has 4 N–H and O–H groups in total. The molecule has 6 heteroatoms. The number of unbranched alkanes of at least 4 members (excludes halogenated alkanes) is 3. The maximum atomic E-state index is 12.6. The van der Waals surface area contributed by atoms with Gasteiger partial charge in [-0.25, -0.2) is 0 Å². The summed E-state index contributed by atoms with van der Waals surface area (Å²) in [5, 5.41) is 0.519. The van der Waals surface area contributed by atoms with Crippen molar-refractivity contribution in [3.63, 3.8) is 0 Å². The van der Waals surface area contributed by atoms with Crippen LogP contribution in [0.5, 0.6) is 11.5 Å². The van der Waals surface area contributed by atoms with Crippen LogP contribution in [0.3, 0.4) is 0 Å². The highest BCUT2D eigenvalue weighted by molar-refractivity contribution is 5.80. The van der Waals surface area contributed by atoms with Crippen molar-refractivity contribution in [2.24, 2.45) is 0 Å². The number of rotatable bonds is 10. The first-order chi connectivity index (χ1) is 16.1. The van der Waals surface area contributed by atoms with E-state index in [0.717, 1.165) is 31.2 Å². The molecule has 0 fully saturated rings. The standard InChI is InChI=1S/C27H28N2O4/c28-20-10-12-23(29)27(16-20)32-15-7-2-1-6-14-31-21-11-13-25-22(17-21)24(30)18-26(33-25)19-8-4-3-5-9-19/h3-5,8-13,16-18H,1-2,6-7,14-15,28-29H2. The van der Waals surface area contributed by atoms with Crippen molar-refractivity contribution >= 4 is 22.3 Å². The van der Waals surface area contributed by atoms with Crippen molar-refractivity contribution < 1.29 is 13.9 Å². The minimum absolute atomic E-state index is 0.0821. The van der Waals surface area contributed by atoms with Gasteiger partial charge in [0.25, 0.3) is 0 Å². The molecule has 33 heavy (non-hydrogen) atoms. The Morgan fingerprint density at radius 2 is 1.52 bits per heavy atom. The molecule has 170 valence electrons. The Kier molecular flexibility index (Phi) is 7.15. The molecular formula is C27H28N2O4. The SMILES string of the molecule is Nc1ccc(N)c(OCCCCCCOc2ccc3oc(-c4ccccc4)cc(=O)c3c2)c1. The van der Waals surface area contributed by atoms with E-state index in [1.165, 1.54) is 6.07 Å². The third-order valence-corrected chi connectivity index (χ3v) is 5.36. The van der Waals surface area contributed by atoms with E-state index < -0.39 is 0 Å². The summed E-state index contributed by atoms with van der Waals surface area (Å²) in [5.41, 5.74) is 14.2. The Hall–Kier alpha value is -3.93. The molecule has 0 unspecified atom stereocenters. The van der Waals surface area contributed by atoms with Gasteiger partial charge in [0.05, 0.1) is 24.3 Å². The predicted octanol–water partition coefficient (Wildman–Crippen LogP) is 5.64. The van der Waals surface area contributed by atoms with Crippen LogP contribution in [0.1, 0.15) is 25.7 Å². The van der Waals surface area contributed by atoms with Crippen LogP contribution in [0.15, 0.2) is 82.0 Å². The van der Waals surface area contributed by atoms with E-state index in [2.05, 4.69) is 0 Å². The summed E-state index contributed by atoms with van der Waals surface area (Å²) in [5.74, 6) is 1.86. The van der Waals surface area contributed by atoms with Crippen LogP contribution in [0, 0.1) is 0 Å². The molecule has 4 rings (SSSR count). The summed E-state index contributed by atoms with van der Waals surface area (Å²) in [6.45, 7) is 1.18. The van der Waals surface area contributed by atoms with E-state index >= 15 is 0 Å².